The molecule has 150 valence electrons. The summed E-state index contributed by atoms with van der Waals surface area (Å²) in [6, 6.07) is 15.0. The van der Waals surface area contributed by atoms with Gasteiger partial charge in [0, 0.05) is 31.4 Å². The van der Waals surface area contributed by atoms with Crippen LogP contribution in [0.3, 0.4) is 0 Å². The molecule has 0 N–H and O–H groups in total. The fraction of sp³-hybridized carbons (Fsp3) is 0.261. The summed E-state index contributed by atoms with van der Waals surface area (Å²) in [5, 5.41) is 11.4. The maximum atomic E-state index is 14.5. The monoisotopic (exact) mass is 418 g/mol. The predicted octanol–water partition coefficient (Wildman–Crippen LogP) is 4.54. The number of aryl methyl sites for hydroxylation is 1. The highest BCUT2D eigenvalue weighted by Crippen LogP contribution is 2.37. The SMILES string of the molecule is Cn1c(=O)c(C#N)c(N2CCC(c3nc4ccccc4s3)CC2)c2cccc(F)c21. The number of aromatic nitrogens is 2. The second kappa shape index (κ2) is 7.22. The molecule has 0 spiro atoms. The maximum absolute atomic E-state index is 14.5. The van der Waals surface area contributed by atoms with Gasteiger partial charge in [-0.25, -0.2) is 9.37 Å². The molecule has 1 saturated heterocycles. The quantitative estimate of drug-likeness (QED) is 0.479. The van der Waals surface area contributed by atoms with Crippen LogP contribution in [0.25, 0.3) is 21.1 Å². The molecule has 2 aromatic heterocycles. The van der Waals surface area contributed by atoms with Gasteiger partial charge in [0.2, 0.25) is 0 Å². The van der Waals surface area contributed by atoms with Crippen LogP contribution in [0.5, 0.6) is 0 Å². The Balaban J connectivity index is 1.52. The molecule has 1 aliphatic rings. The molecule has 0 unspecified atom stereocenters. The van der Waals surface area contributed by atoms with Gasteiger partial charge in [0.1, 0.15) is 17.4 Å². The van der Waals surface area contributed by atoms with Gasteiger partial charge in [0.25, 0.3) is 5.56 Å². The van der Waals surface area contributed by atoms with E-state index in [1.807, 2.05) is 18.2 Å². The lowest BCUT2D eigenvalue weighted by Gasteiger charge is -2.34. The Bertz CT molecular complexity index is 1340. The number of pyridine rings is 1. The zero-order valence-electron chi connectivity index (χ0n) is 16.4. The summed E-state index contributed by atoms with van der Waals surface area (Å²) < 4.78 is 17.0. The molecule has 5 rings (SSSR count). The van der Waals surface area contributed by atoms with Crippen LogP contribution in [-0.4, -0.2) is 22.6 Å². The van der Waals surface area contributed by atoms with E-state index in [0.29, 0.717) is 30.1 Å². The van der Waals surface area contributed by atoms with E-state index in [2.05, 4.69) is 17.0 Å². The lowest BCUT2D eigenvalue weighted by Crippen LogP contribution is -2.35. The molecule has 30 heavy (non-hydrogen) atoms. The molecule has 1 fully saturated rings. The number of halogens is 1. The van der Waals surface area contributed by atoms with Crippen LogP contribution in [0.1, 0.15) is 29.3 Å². The van der Waals surface area contributed by atoms with E-state index < -0.39 is 11.4 Å². The van der Waals surface area contributed by atoms with Crippen molar-refractivity contribution in [2.24, 2.45) is 7.05 Å². The molecule has 4 aromatic rings. The Morgan fingerprint density at radius 2 is 1.93 bits per heavy atom. The minimum absolute atomic E-state index is 0.0778. The van der Waals surface area contributed by atoms with Gasteiger partial charge in [-0.15, -0.1) is 11.3 Å². The highest BCUT2D eigenvalue weighted by molar-refractivity contribution is 7.18. The first-order valence-corrected chi connectivity index (χ1v) is 10.7. The Labute approximate surface area is 176 Å². The van der Waals surface area contributed by atoms with Crippen molar-refractivity contribution in [2.45, 2.75) is 18.8 Å². The summed E-state index contributed by atoms with van der Waals surface area (Å²) in [4.78, 5) is 19.6. The third-order valence-corrected chi connectivity index (χ3v) is 7.11. The van der Waals surface area contributed by atoms with E-state index in [1.54, 1.807) is 23.5 Å². The van der Waals surface area contributed by atoms with Crippen LogP contribution >= 0.6 is 11.3 Å². The van der Waals surface area contributed by atoms with E-state index >= 15 is 0 Å². The van der Waals surface area contributed by atoms with Gasteiger partial charge in [-0.1, -0.05) is 24.3 Å². The molecular formula is C23H19FN4OS. The van der Waals surface area contributed by atoms with Crippen molar-refractivity contribution in [3.63, 3.8) is 0 Å². The number of para-hydroxylation sites is 2. The van der Waals surface area contributed by atoms with Crippen LogP contribution in [0, 0.1) is 17.1 Å². The van der Waals surface area contributed by atoms with Crippen LogP contribution in [0.2, 0.25) is 0 Å². The van der Waals surface area contributed by atoms with E-state index in [-0.39, 0.29) is 11.1 Å². The summed E-state index contributed by atoms with van der Waals surface area (Å²) in [5.41, 5.74) is 1.44. The first-order valence-electron chi connectivity index (χ1n) is 9.90. The third-order valence-electron chi connectivity index (χ3n) is 5.92. The van der Waals surface area contributed by atoms with E-state index in [4.69, 9.17) is 4.98 Å². The topological polar surface area (TPSA) is 61.9 Å². The summed E-state index contributed by atoms with van der Waals surface area (Å²) >= 11 is 1.73. The molecule has 0 amide bonds. The minimum atomic E-state index is -0.460. The number of hydrogen-bond donors (Lipinski definition) is 0. The van der Waals surface area contributed by atoms with E-state index in [0.717, 1.165) is 23.4 Å². The molecule has 0 radical (unpaired) electrons. The standard InChI is InChI=1S/C23H19FN4OS/c1-27-21-15(5-4-6-17(21)24)20(16(13-25)23(27)29)28-11-9-14(10-12-28)22-26-18-7-2-3-8-19(18)30-22/h2-8,14H,9-12H2,1H3. The number of anilines is 1. The lowest BCUT2D eigenvalue weighted by atomic mass is 9.96. The van der Waals surface area contributed by atoms with Crippen molar-refractivity contribution in [2.75, 3.05) is 18.0 Å². The van der Waals surface area contributed by atoms with Crippen molar-refractivity contribution >= 4 is 38.1 Å². The molecular weight excluding hydrogens is 399 g/mol. The Morgan fingerprint density at radius 1 is 1.17 bits per heavy atom. The zero-order chi connectivity index (χ0) is 20.8. The second-order valence-corrected chi connectivity index (χ2v) is 8.68. The van der Waals surface area contributed by atoms with Crippen LogP contribution < -0.4 is 10.5 Å². The van der Waals surface area contributed by atoms with Gasteiger partial charge >= 0.3 is 0 Å². The van der Waals surface area contributed by atoms with E-state index in [9.17, 15) is 14.4 Å². The van der Waals surface area contributed by atoms with Crippen LogP contribution in [-0.2, 0) is 7.05 Å². The van der Waals surface area contributed by atoms with Gasteiger partial charge in [-0.3, -0.25) is 4.79 Å². The molecule has 7 heteroatoms. The number of piperidine rings is 1. The number of thiazole rings is 1. The number of fused-ring (bicyclic) bond motifs is 2. The fourth-order valence-electron chi connectivity index (χ4n) is 4.40. The smallest absolute Gasteiger partial charge is 0.270 e. The predicted molar refractivity (Wildman–Crippen MR) is 118 cm³/mol. The molecule has 0 saturated carbocycles. The lowest BCUT2D eigenvalue weighted by molar-refractivity contribution is 0.504. The summed E-state index contributed by atoms with van der Waals surface area (Å²) in [5.74, 6) is -0.110. The van der Waals surface area contributed by atoms with Crippen molar-refractivity contribution < 1.29 is 4.39 Å². The van der Waals surface area contributed by atoms with Crippen LogP contribution in [0.15, 0.2) is 47.3 Å². The number of rotatable bonds is 2. The average molecular weight is 418 g/mol. The maximum Gasteiger partial charge on any atom is 0.270 e. The highest BCUT2D eigenvalue weighted by Gasteiger charge is 2.28. The number of nitrogens with zero attached hydrogens (tertiary/aromatic N) is 4. The zero-order valence-corrected chi connectivity index (χ0v) is 17.2. The summed E-state index contributed by atoms with van der Waals surface area (Å²) in [6.07, 6.45) is 1.74. The van der Waals surface area contributed by atoms with Crippen molar-refractivity contribution in [3.05, 3.63) is 69.2 Å². The third kappa shape index (κ3) is 2.87. The highest BCUT2D eigenvalue weighted by atomic mass is 32.1. The Kier molecular flexibility index (Phi) is 4.52. The molecule has 1 aliphatic heterocycles. The molecule has 0 atom stereocenters. The normalized spacial score (nSPS) is 15.0. The molecule has 0 bridgehead atoms. The summed E-state index contributed by atoms with van der Waals surface area (Å²) in [7, 11) is 1.51. The minimum Gasteiger partial charge on any atom is -0.370 e. The number of hydrogen-bond acceptors (Lipinski definition) is 5. The largest absolute Gasteiger partial charge is 0.370 e. The van der Waals surface area contributed by atoms with Gasteiger partial charge in [-0.2, -0.15) is 5.26 Å². The first-order chi connectivity index (χ1) is 14.6. The molecule has 3 heterocycles. The Hall–Kier alpha value is -3.24. The Morgan fingerprint density at radius 3 is 2.67 bits per heavy atom. The van der Waals surface area contributed by atoms with Crippen molar-refractivity contribution in [3.8, 4) is 6.07 Å². The van der Waals surface area contributed by atoms with Gasteiger partial charge in [0.15, 0.2) is 0 Å². The fourth-order valence-corrected chi connectivity index (χ4v) is 5.53. The first kappa shape index (κ1) is 18.8. The van der Waals surface area contributed by atoms with Crippen molar-refractivity contribution in [1.82, 2.24) is 9.55 Å². The molecule has 2 aromatic carbocycles. The second-order valence-electron chi connectivity index (χ2n) is 7.62. The van der Waals surface area contributed by atoms with Gasteiger partial charge in [0.05, 0.1) is 26.4 Å². The van der Waals surface area contributed by atoms with E-state index in [1.165, 1.54) is 22.4 Å². The number of benzene rings is 2. The van der Waals surface area contributed by atoms with Crippen molar-refractivity contribution in [1.29, 1.82) is 5.26 Å². The van der Waals surface area contributed by atoms with Gasteiger partial charge < -0.3 is 9.47 Å². The molecule has 5 nitrogen and oxygen atoms in total. The van der Waals surface area contributed by atoms with Crippen LogP contribution in [0.4, 0.5) is 10.1 Å². The molecule has 0 aliphatic carbocycles. The van der Waals surface area contributed by atoms with Gasteiger partial charge in [-0.05, 0) is 31.0 Å². The average Bonchev–Trinajstić information content (AvgIpc) is 3.20. The number of nitriles is 1. The summed E-state index contributed by atoms with van der Waals surface area (Å²) in [6.45, 7) is 1.38.